The van der Waals surface area contributed by atoms with Crippen molar-refractivity contribution in [2.75, 3.05) is 6.26 Å². The number of hydrogen-bond acceptors (Lipinski definition) is 5. The third kappa shape index (κ3) is 4.31. The second-order valence-corrected chi connectivity index (χ2v) is 6.65. The highest BCUT2D eigenvalue weighted by Crippen LogP contribution is 2.20. The Hall–Kier alpha value is -1.89. The second kappa shape index (κ2) is 7.59. The van der Waals surface area contributed by atoms with E-state index in [0.717, 1.165) is 18.4 Å². The van der Waals surface area contributed by atoms with E-state index in [-0.39, 0.29) is 12.5 Å². The van der Waals surface area contributed by atoms with E-state index < -0.39 is 0 Å². The lowest BCUT2D eigenvalue weighted by Gasteiger charge is -2.22. The molecule has 1 aromatic carbocycles. The number of benzene rings is 1. The molecule has 1 amide bonds. The summed E-state index contributed by atoms with van der Waals surface area (Å²) in [7, 11) is 0. The standard InChI is InChI=1S/C16H21N5OS/c1-23-14-9-7-12(8-10-14)16-18-20-21(19-16)11-15(22)17-13-5-3-2-4-6-13/h7-10,13H,2-6,11H2,1H3,(H,17,22). The first kappa shape index (κ1) is 16.0. The highest BCUT2D eigenvalue weighted by atomic mass is 32.2. The topological polar surface area (TPSA) is 72.7 Å². The number of tetrazole rings is 1. The Bertz CT molecular complexity index is 649. The summed E-state index contributed by atoms with van der Waals surface area (Å²) < 4.78 is 0. The van der Waals surface area contributed by atoms with Gasteiger partial charge < -0.3 is 5.32 Å². The lowest BCUT2D eigenvalue weighted by molar-refractivity contribution is -0.123. The van der Waals surface area contributed by atoms with Gasteiger partial charge in [0.05, 0.1) is 0 Å². The van der Waals surface area contributed by atoms with Crippen molar-refractivity contribution < 1.29 is 4.79 Å². The van der Waals surface area contributed by atoms with Gasteiger partial charge in [0.2, 0.25) is 11.7 Å². The maximum absolute atomic E-state index is 12.1. The summed E-state index contributed by atoms with van der Waals surface area (Å²) >= 11 is 1.69. The summed E-state index contributed by atoms with van der Waals surface area (Å²) in [5, 5.41) is 15.4. The van der Waals surface area contributed by atoms with Crippen LogP contribution in [-0.4, -0.2) is 38.4 Å². The maximum atomic E-state index is 12.1. The molecule has 6 nitrogen and oxygen atoms in total. The maximum Gasteiger partial charge on any atom is 0.243 e. The number of carbonyl (C=O) groups is 1. The Balaban J connectivity index is 1.58. The van der Waals surface area contributed by atoms with Crippen molar-refractivity contribution in [1.82, 2.24) is 25.5 Å². The third-order valence-corrected chi connectivity index (χ3v) is 4.80. The van der Waals surface area contributed by atoms with Gasteiger partial charge in [-0.1, -0.05) is 19.3 Å². The van der Waals surface area contributed by atoms with Gasteiger partial charge in [-0.25, -0.2) is 0 Å². The Kier molecular flexibility index (Phi) is 5.27. The van der Waals surface area contributed by atoms with E-state index in [1.807, 2.05) is 30.5 Å². The number of nitrogens with zero attached hydrogens (tertiary/aromatic N) is 4. The molecular formula is C16H21N5OS. The van der Waals surface area contributed by atoms with E-state index in [2.05, 4.69) is 20.7 Å². The summed E-state index contributed by atoms with van der Waals surface area (Å²) in [6, 6.07) is 8.29. The number of aromatic nitrogens is 4. The van der Waals surface area contributed by atoms with E-state index in [1.54, 1.807) is 11.8 Å². The highest BCUT2D eigenvalue weighted by molar-refractivity contribution is 7.98. The van der Waals surface area contributed by atoms with E-state index in [0.29, 0.717) is 11.9 Å². The van der Waals surface area contributed by atoms with Crippen LogP contribution >= 0.6 is 11.8 Å². The zero-order chi connectivity index (χ0) is 16.1. The first-order valence-electron chi connectivity index (χ1n) is 7.96. The number of hydrogen-bond donors (Lipinski definition) is 1. The van der Waals surface area contributed by atoms with E-state index >= 15 is 0 Å². The predicted octanol–water partition coefficient (Wildman–Crippen LogP) is 2.51. The van der Waals surface area contributed by atoms with Gasteiger partial charge in [-0.3, -0.25) is 4.79 Å². The minimum Gasteiger partial charge on any atom is -0.352 e. The van der Waals surface area contributed by atoms with Crippen LogP contribution < -0.4 is 5.32 Å². The molecule has 1 fully saturated rings. The molecule has 0 aliphatic heterocycles. The molecule has 0 spiro atoms. The van der Waals surface area contributed by atoms with Crippen LogP contribution in [0, 0.1) is 0 Å². The molecule has 122 valence electrons. The van der Waals surface area contributed by atoms with Gasteiger partial charge in [0, 0.05) is 16.5 Å². The molecule has 3 rings (SSSR count). The predicted molar refractivity (Wildman–Crippen MR) is 90.0 cm³/mol. The molecule has 0 atom stereocenters. The number of nitrogens with one attached hydrogen (secondary N) is 1. The molecule has 0 bridgehead atoms. The van der Waals surface area contributed by atoms with Gasteiger partial charge in [0.15, 0.2) is 0 Å². The fourth-order valence-corrected chi connectivity index (χ4v) is 3.22. The number of carbonyl (C=O) groups excluding carboxylic acids is 1. The van der Waals surface area contributed by atoms with Crippen LogP contribution in [0.4, 0.5) is 0 Å². The van der Waals surface area contributed by atoms with Crippen LogP contribution in [0.15, 0.2) is 29.2 Å². The van der Waals surface area contributed by atoms with Crippen LogP contribution in [0.25, 0.3) is 11.4 Å². The van der Waals surface area contributed by atoms with E-state index in [9.17, 15) is 4.79 Å². The molecule has 0 unspecified atom stereocenters. The Morgan fingerprint density at radius 1 is 1.26 bits per heavy atom. The van der Waals surface area contributed by atoms with Gasteiger partial charge >= 0.3 is 0 Å². The van der Waals surface area contributed by atoms with Gasteiger partial charge in [-0.2, -0.15) is 4.80 Å². The van der Waals surface area contributed by atoms with Crippen molar-refractivity contribution >= 4 is 17.7 Å². The van der Waals surface area contributed by atoms with Crippen molar-refractivity contribution in [2.24, 2.45) is 0 Å². The van der Waals surface area contributed by atoms with Crippen molar-refractivity contribution in [3.63, 3.8) is 0 Å². The smallest absolute Gasteiger partial charge is 0.243 e. The minimum absolute atomic E-state index is 0.0430. The minimum atomic E-state index is -0.0430. The Morgan fingerprint density at radius 3 is 2.70 bits per heavy atom. The summed E-state index contributed by atoms with van der Waals surface area (Å²) in [4.78, 5) is 14.6. The van der Waals surface area contributed by atoms with E-state index in [4.69, 9.17) is 0 Å². The first-order valence-corrected chi connectivity index (χ1v) is 9.18. The number of amides is 1. The molecule has 1 N–H and O–H groups in total. The third-order valence-electron chi connectivity index (χ3n) is 4.06. The zero-order valence-electron chi connectivity index (χ0n) is 13.2. The Labute approximate surface area is 140 Å². The van der Waals surface area contributed by atoms with Crippen molar-refractivity contribution in [2.45, 2.75) is 49.6 Å². The molecule has 0 radical (unpaired) electrons. The second-order valence-electron chi connectivity index (χ2n) is 5.77. The van der Waals surface area contributed by atoms with Crippen LogP contribution in [0.3, 0.4) is 0 Å². The molecule has 2 aromatic rings. The molecule has 1 heterocycles. The van der Waals surface area contributed by atoms with Crippen molar-refractivity contribution in [1.29, 1.82) is 0 Å². The van der Waals surface area contributed by atoms with Gasteiger partial charge in [0.1, 0.15) is 6.54 Å². The lowest BCUT2D eigenvalue weighted by Crippen LogP contribution is -2.38. The summed E-state index contributed by atoms with van der Waals surface area (Å²) in [6.07, 6.45) is 7.85. The quantitative estimate of drug-likeness (QED) is 0.852. The summed E-state index contributed by atoms with van der Waals surface area (Å²) in [5.74, 6) is 0.502. The highest BCUT2D eigenvalue weighted by Gasteiger charge is 2.16. The molecule has 7 heteroatoms. The number of rotatable bonds is 5. The number of thioether (sulfide) groups is 1. The van der Waals surface area contributed by atoms with Gasteiger partial charge in [-0.15, -0.1) is 22.0 Å². The molecule has 1 aliphatic rings. The Morgan fingerprint density at radius 2 is 2.00 bits per heavy atom. The van der Waals surface area contributed by atoms with Gasteiger partial charge in [-0.05, 0) is 48.6 Å². The summed E-state index contributed by atoms with van der Waals surface area (Å²) in [6.45, 7) is 0.117. The van der Waals surface area contributed by atoms with Crippen molar-refractivity contribution in [3.8, 4) is 11.4 Å². The van der Waals surface area contributed by atoms with Crippen molar-refractivity contribution in [3.05, 3.63) is 24.3 Å². The SMILES string of the molecule is CSc1ccc(-c2nnn(CC(=O)NC3CCCCC3)n2)cc1. The fraction of sp³-hybridized carbons (Fsp3) is 0.500. The van der Waals surface area contributed by atoms with Crippen LogP contribution in [0.2, 0.25) is 0 Å². The average molecular weight is 331 g/mol. The molecule has 1 aromatic heterocycles. The normalized spacial score (nSPS) is 15.5. The fourth-order valence-electron chi connectivity index (χ4n) is 2.81. The average Bonchev–Trinajstić information content (AvgIpc) is 3.04. The molecule has 0 saturated heterocycles. The molecule has 1 saturated carbocycles. The van der Waals surface area contributed by atoms with Crippen LogP contribution in [0.1, 0.15) is 32.1 Å². The van der Waals surface area contributed by atoms with Gasteiger partial charge in [0.25, 0.3) is 0 Å². The first-order chi connectivity index (χ1) is 11.2. The largest absolute Gasteiger partial charge is 0.352 e. The summed E-state index contributed by atoms with van der Waals surface area (Å²) in [5.41, 5.74) is 0.904. The van der Waals surface area contributed by atoms with Crippen LogP contribution in [0.5, 0.6) is 0 Å². The zero-order valence-corrected chi connectivity index (χ0v) is 14.1. The monoisotopic (exact) mass is 331 g/mol. The molecular weight excluding hydrogens is 310 g/mol. The molecule has 23 heavy (non-hydrogen) atoms. The lowest BCUT2D eigenvalue weighted by atomic mass is 9.95. The van der Waals surface area contributed by atoms with E-state index in [1.165, 1.54) is 29.0 Å². The van der Waals surface area contributed by atoms with Crippen LogP contribution in [-0.2, 0) is 11.3 Å². The molecule has 1 aliphatic carbocycles.